The zero-order valence-corrected chi connectivity index (χ0v) is 10.4. The van der Waals surface area contributed by atoms with Gasteiger partial charge in [-0.25, -0.2) is 9.97 Å². The van der Waals surface area contributed by atoms with Crippen LogP contribution in [0.3, 0.4) is 0 Å². The molecule has 82 valence electrons. The van der Waals surface area contributed by atoms with Gasteiger partial charge in [0.25, 0.3) is 0 Å². The Morgan fingerprint density at radius 3 is 3.07 bits per heavy atom. The molecule has 2 aromatic heterocycles. The van der Waals surface area contributed by atoms with Crippen molar-refractivity contribution in [3.8, 4) is 0 Å². The lowest BCUT2D eigenvalue weighted by atomic mass is 10.4. The monoisotopic (exact) mass is 263 g/mol. The van der Waals surface area contributed by atoms with Crippen molar-refractivity contribution >= 4 is 47.7 Å². The van der Waals surface area contributed by atoms with Crippen molar-refractivity contribution in [2.45, 2.75) is 18.1 Å². The fourth-order valence-corrected chi connectivity index (χ4v) is 2.59. The predicted octanol–water partition coefficient (Wildman–Crippen LogP) is 2.77. The minimum atomic E-state index is 0. The summed E-state index contributed by atoms with van der Waals surface area (Å²) in [6.07, 6.45) is 3.05. The Morgan fingerprint density at radius 1 is 1.33 bits per heavy atom. The molecule has 3 rings (SSSR count). The van der Waals surface area contributed by atoms with Crippen molar-refractivity contribution in [1.29, 1.82) is 0 Å². The number of pyridine rings is 1. The van der Waals surface area contributed by atoms with E-state index in [1.165, 1.54) is 12.2 Å². The number of imidazole rings is 1. The van der Waals surface area contributed by atoms with E-state index in [0.717, 1.165) is 22.9 Å². The first-order valence-electron chi connectivity index (χ1n) is 4.39. The molecule has 15 heavy (non-hydrogen) atoms. The summed E-state index contributed by atoms with van der Waals surface area (Å²) in [5.74, 6) is 1.18. The molecule has 0 aliphatic carbocycles. The van der Waals surface area contributed by atoms with Crippen molar-refractivity contribution in [2.24, 2.45) is 0 Å². The maximum absolute atomic E-state index is 4.52. The molecule has 6 heteroatoms. The van der Waals surface area contributed by atoms with Gasteiger partial charge in [-0.2, -0.15) is 0 Å². The van der Waals surface area contributed by atoms with E-state index < -0.39 is 0 Å². The molecular weight excluding hydrogens is 253 g/mol. The van der Waals surface area contributed by atoms with Gasteiger partial charge in [0, 0.05) is 18.5 Å². The Labute approximate surface area is 104 Å². The van der Waals surface area contributed by atoms with Crippen LogP contribution < -0.4 is 0 Å². The van der Waals surface area contributed by atoms with Gasteiger partial charge in [-0.3, -0.25) is 0 Å². The van der Waals surface area contributed by atoms with Crippen LogP contribution in [0.1, 0.15) is 6.42 Å². The van der Waals surface area contributed by atoms with E-state index in [4.69, 9.17) is 0 Å². The van der Waals surface area contributed by atoms with Gasteiger partial charge >= 0.3 is 0 Å². The van der Waals surface area contributed by atoms with E-state index in [-0.39, 0.29) is 24.8 Å². The molecule has 0 saturated carbocycles. The molecule has 0 bridgehead atoms. The molecule has 3 heterocycles. The fourth-order valence-electron chi connectivity index (χ4n) is 1.64. The second-order valence-electron chi connectivity index (χ2n) is 3.09. The molecule has 0 saturated heterocycles. The number of hydrogen-bond donors (Lipinski definition) is 0. The van der Waals surface area contributed by atoms with Crippen LogP contribution in [0, 0.1) is 0 Å². The highest BCUT2D eigenvalue weighted by molar-refractivity contribution is 7.99. The first-order chi connectivity index (χ1) is 6.45. The molecule has 0 spiro atoms. The summed E-state index contributed by atoms with van der Waals surface area (Å²) in [5, 5.41) is 1.12. The molecule has 0 atom stereocenters. The van der Waals surface area contributed by atoms with Crippen molar-refractivity contribution < 1.29 is 0 Å². The van der Waals surface area contributed by atoms with Crippen molar-refractivity contribution in [1.82, 2.24) is 14.5 Å². The van der Waals surface area contributed by atoms with E-state index in [2.05, 4.69) is 14.5 Å². The molecule has 0 radical (unpaired) electrons. The van der Waals surface area contributed by atoms with Gasteiger partial charge in [-0.15, -0.1) is 24.8 Å². The van der Waals surface area contributed by atoms with Crippen LogP contribution in [0.4, 0.5) is 0 Å². The van der Waals surface area contributed by atoms with Gasteiger partial charge in [0.05, 0.1) is 0 Å². The van der Waals surface area contributed by atoms with Crippen LogP contribution in [0.25, 0.3) is 11.2 Å². The Bertz CT molecular complexity index is 458. The molecule has 1 aliphatic heterocycles. The largest absolute Gasteiger partial charge is 0.304 e. The third kappa shape index (κ3) is 2.07. The minimum absolute atomic E-state index is 0. The van der Waals surface area contributed by atoms with Crippen molar-refractivity contribution in [2.75, 3.05) is 5.75 Å². The zero-order chi connectivity index (χ0) is 8.67. The topological polar surface area (TPSA) is 30.7 Å². The van der Waals surface area contributed by atoms with Gasteiger partial charge in [-0.05, 0) is 18.6 Å². The lowest BCUT2D eigenvalue weighted by Crippen LogP contribution is -2.06. The summed E-state index contributed by atoms with van der Waals surface area (Å²) >= 11 is 1.83. The van der Waals surface area contributed by atoms with Crippen molar-refractivity contribution in [3.63, 3.8) is 0 Å². The minimum Gasteiger partial charge on any atom is -0.304 e. The maximum atomic E-state index is 4.52. The smallest absolute Gasteiger partial charge is 0.170 e. The van der Waals surface area contributed by atoms with E-state index in [1.54, 1.807) is 0 Å². The third-order valence-electron chi connectivity index (χ3n) is 2.23. The van der Waals surface area contributed by atoms with Gasteiger partial charge in [0.1, 0.15) is 5.52 Å². The van der Waals surface area contributed by atoms with Gasteiger partial charge in [0.15, 0.2) is 10.8 Å². The standard InChI is InChI=1S/C9H9N3S.2ClH/c1-3-7-8(10-4-1)12-5-2-6-13-9(12)11-7;;/h1,3-4H,2,5-6H2;2*1H. The Kier molecular flexibility index (Phi) is 4.25. The number of nitrogens with zero attached hydrogens (tertiary/aromatic N) is 3. The molecule has 3 nitrogen and oxygen atoms in total. The van der Waals surface area contributed by atoms with Crippen LogP contribution in [-0.4, -0.2) is 20.3 Å². The molecule has 0 unspecified atom stereocenters. The molecule has 0 aromatic carbocycles. The number of thioether (sulfide) groups is 1. The number of rotatable bonds is 0. The summed E-state index contributed by atoms with van der Waals surface area (Å²) in [6.45, 7) is 1.07. The second-order valence-corrected chi connectivity index (χ2v) is 4.16. The normalized spacial score (nSPS) is 13.9. The summed E-state index contributed by atoms with van der Waals surface area (Å²) in [7, 11) is 0. The van der Waals surface area contributed by atoms with Gasteiger partial charge < -0.3 is 4.57 Å². The first-order valence-corrected chi connectivity index (χ1v) is 5.38. The van der Waals surface area contributed by atoms with Crippen LogP contribution in [0.2, 0.25) is 0 Å². The molecule has 0 amide bonds. The summed E-state index contributed by atoms with van der Waals surface area (Å²) in [6, 6.07) is 3.96. The Hall–Kier alpha value is -0.450. The highest BCUT2D eigenvalue weighted by Crippen LogP contribution is 2.27. The number of aryl methyl sites for hydroxylation is 1. The Morgan fingerprint density at radius 2 is 2.20 bits per heavy atom. The van der Waals surface area contributed by atoms with Gasteiger partial charge in [-0.1, -0.05) is 11.8 Å². The highest BCUT2D eigenvalue weighted by atomic mass is 35.5. The average molecular weight is 264 g/mol. The van der Waals surface area contributed by atoms with E-state index in [9.17, 15) is 0 Å². The summed E-state index contributed by atoms with van der Waals surface area (Å²) < 4.78 is 2.21. The SMILES string of the molecule is Cl.Cl.c1cnc2c(c1)nc1n2CCCS1. The number of halogens is 2. The fraction of sp³-hybridized carbons (Fsp3) is 0.333. The zero-order valence-electron chi connectivity index (χ0n) is 7.92. The summed E-state index contributed by atoms with van der Waals surface area (Å²) in [5.41, 5.74) is 2.05. The lowest BCUT2D eigenvalue weighted by molar-refractivity contribution is 0.619. The number of fused-ring (bicyclic) bond motifs is 3. The lowest BCUT2D eigenvalue weighted by Gasteiger charge is -2.12. The van der Waals surface area contributed by atoms with Crippen molar-refractivity contribution in [3.05, 3.63) is 18.3 Å². The third-order valence-corrected chi connectivity index (χ3v) is 3.29. The molecule has 1 aliphatic rings. The molecule has 2 aromatic rings. The maximum Gasteiger partial charge on any atom is 0.170 e. The van der Waals surface area contributed by atoms with Crippen LogP contribution in [0.5, 0.6) is 0 Å². The Balaban J connectivity index is 0.000000562. The van der Waals surface area contributed by atoms with Crippen LogP contribution in [0.15, 0.2) is 23.5 Å². The average Bonchev–Trinajstić information content (AvgIpc) is 2.56. The van der Waals surface area contributed by atoms with Gasteiger partial charge in [0.2, 0.25) is 0 Å². The predicted molar refractivity (Wildman–Crippen MR) is 67.4 cm³/mol. The number of hydrogen-bond acceptors (Lipinski definition) is 3. The van der Waals surface area contributed by atoms with Crippen LogP contribution in [-0.2, 0) is 6.54 Å². The first kappa shape index (κ1) is 12.6. The second kappa shape index (κ2) is 5.05. The van der Waals surface area contributed by atoms with E-state index in [1.807, 2.05) is 30.1 Å². The van der Waals surface area contributed by atoms with E-state index >= 15 is 0 Å². The summed E-state index contributed by atoms with van der Waals surface area (Å²) in [4.78, 5) is 8.86. The van der Waals surface area contributed by atoms with E-state index in [0.29, 0.717) is 0 Å². The quantitative estimate of drug-likeness (QED) is 0.733. The number of aromatic nitrogens is 3. The highest BCUT2D eigenvalue weighted by Gasteiger charge is 2.14. The molecular formula is C9H11Cl2N3S. The van der Waals surface area contributed by atoms with Crippen LogP contribution >= 0.6 is 36.6 Å². The molecule has 0 fully saturated rings. The molecule has 0 N–H and O–H groups in total.